The number of halogens is 1. The Balaban J connectivity index is 2.66. The summed E-state index contributed by atoms with van der Waals surface area (Å²) in [7, 11) is 0. The van der Waals surface area contributed by atoms with Crippen LogP contribution >= 0.6 is 11.6 Å². The van der Waals surface area contributed by atoms with Crippen molar-refractivity contribution in [2.75, 3.05) is 0 Å². The highest BCUT2D eigenvalue weighted by molar-refractivity contribution is 6.30. The smallest absolute Gasteiger partial charge is 0.0418 e. The average molecular weight is 193 g/mol. The minimum absolute atomic E-state index is 0.631. The minimum atomic E-state index is 0.631. The molecule has 1 aromatic rings. The first-order valence-electron chi connectivity index (χ1n) is 4.43. The fourth-order valence-corrected chi connectivity index (χ4v) is 1.11. The lowest BCUT2D eigenvalue weighted by molar-refractivity contribution is 0.676. The molecule has 0 fully saturated rings. The zero-order valence-corrected chi connectivity index (χ0v) is 8.73. The van der Waals surface area contributed by atoms with E-state index in [0.717, 1.165) is 17.0 Å². The second kappa shape index (κ2) is 4.94. The van der Waals surface area contributed by atoms with Crippen molar-refractivity contribution in [1.82, 2.24) is 0 Å². The number of benzene rings is 1. The van der Waals surface area contributed by atoms with E-state index >= 15 is 0 Å². The molecule has 0 bridgehead atoms. The molecule has 0 nitrogen and oxygen atoms in total. The number of hydrogen-bond donors (Lipinski definition) is 0. The highest BCUT2D eigenvalue weighted by Gasteiger charge is 1.89. The monoisotopic (exact) mass is 192 g/mol. The van der Waals surface area contributed by atoms with Crippen molar-refractivity contribution < 1.29 is 0 Å². The van der Waals surface area contributed by atoms with Gasteiger partial charge >= 0.3 is 0 Å². The van der Waals surface area contributed by atoms with Gasteiger partial charge in [0.25, 0.3) is 0 Å². The molecule has 68 valence electrons. The van der Waals surface area contributed by atoms with E-state index in [2.05, 4.69) is 25.7 Å². The predicted molar refractivity (Wildman–Crippen MR) is 57.8 cm³/mol. The van der Waals surface area contributed by atoms with Crippen molar-refractivity contribution in [2.24, 2.45) is 5.92 Å². The largest absolute Gasteiger partial charge is 0.0976 e. The molecule has 1 aromatic carbocycles. The van der Waals surface area contributed by atoms with Gasteiger partial charge in [0.15, 0.2) is 0 Å². The molecular weight excluding hydrogens is 180 g/mol. The molecule has 0 heterocycles. The summed E-state index contributed by atoms with van der Waals surface area (Å²) < 4.78 is 0. The molecule has 13 heavy (non-hydrogen) atoms. The normalized spacial score (nSPS) is 9.54. The summed E-state index contributed by atoms with van der Waals surface area (Å²) in [6, 6.07) is 7.63. The summed E-state index contributed by atoms with van der Waals surface area (Å²) >= 11 is 5.82. The third-order valence-electron chi connectivity index (χ3n) is 1.57. The molecule has 0 aliphatic heterocycles. The van der Waals surface area contributed by atoms with Crippen molar-refractivity contribution in [3.8, 4) is 11.8 Å². The summed E-state index contributed by atoms with van der Waals surface area (Å²) in [5.41, 5.74) is 0.994. The van der Waals surface area contributed by atoms with Crippen LogP contribution in [0.1, 0.15) is 25.8 Å². The first-order valence-corrected chi connectivity index (χ1v) is 4.80. The Labute approximate surface area is 84.9 Å². The third-order valence-corrected chi connectivity index (χ3v) is 1.80. The molecule has 0 radical (unpaired) electrons. The molecule has 0 aromatic heterocycles. The van der Waals surface area contributed by atoms with Crippen molar-refractivity contribution in [3.05, 3.63) is 34.9 Å². The zero-order valence-electron chi connectivity index (χ0n) is 7.97. The van der Waals surface area contributed by atoms with Gasteiger partial charge in [-0.2, -0.15) is 0 Å². The average Bonchev–Trinajstić information content (AvgIpc) is 2.03. The van der Waals surface area contributed by atoms with Crippen LogP contribution in [0.5, 0.6) is 0 Å². The van der Waals surface area contributed by atoms with Gasteiger partial charge in [-0.05, 0) is 24.1 Å². The summed E-state index contributed by atoms with van der Waals surface area (Å²) in [5.74, 6) is 6.83. The van der Waals surface area contributed by atoms with E-state index in [-0.39, 0.29) is 0 Å². The fourth-order valence-electron chi connectivity index (χ4n) is 0.923. The Morgan fingerprint density at radius 3 is 2.77 bits per heavy atom. The molecular formula is C12H13Cl. The van der Waals surface area contributed by atoms with Crippen LogP contribution in [0.25, 0.3) is 0 Å². The zero-order chi connectivity index (χ0) is 9.68. The number of hydrogen-bond acceptors (Lipinski definition) is 0. The van der Waals surface area contributed by atoms with E-state index in [1.165, 1.54) is 0 Å². The molecule has 0 spiro atoms. The molecule has 0 saturated heterocycles. The Hall–Kier alpha value is -0.930. The minimum Gasteiger partial charge on any atom is -0.0976 e. The van der Waals surface area contributed by atoms with Gasteiger partial charge in [0.05, 0.1) is 0 Å². The summed E-state index contributed by atoms with van der Waals surface area (Å²) in [6.07, 6.45) is 0.937. The van der Waals surface area contributed by atoms with E-state index in [0.29, 0.717) is 5.92 Å². The third kappa shape index (κ3) is 4.01. The molecule has 0 N–H and O–H groups in total. The molecule has 0 atom stereocenters. The van der Waals surface area contributed by atoms with Gasteiger partial charge in [0, 0.05) is 17.0 Å². The van der Waals surface area contributed by atoms with Gasteiger partial charge in [-0.3, -0.25) is 0 Å². The van der Waals surface area contributed by atoms with Crippen LogP contribution in [0, 0.1) is 17.8 Å². The van der Waals surface area contributed by atoms with Gasteiger partial charge in [0.1, 0.15) is 0 Å². The van der Waals surface area contributed by atoms with Gasteiger partial charge in [-0.15, -0.1) is 0 Å². The highest BCUT2D eigenvalue weighted by atomic mass is 35.5. The molecule has 0 amide bonds. The van der Waals surface area contributed by atoms with Gasteiger partial charge < -0.3 is 0 Å². The Bertz CT molecular complexity index is 328. The van der Waals surface area contributed by atoms with Crippen LogP contribution in [0.2, 0.25) is 5.02 Å². The summed E-state index contributed by atoms with van der Waals surface area (Å²) in [5, 5.41) is 0.747. The SMILES string of the molecule is CC(C)CC#Cc1cccc(Cl)c1. The quantitative estimate of drug-likeness (QED) is 0.595. The van der Waals surface area contributed by atoms with Crippen LogP contribution in [0.4, 0.5) is 0 Å². The van der Waals surface area contributed by atoms with Crippen molar-refractivity contribution >= 4 is 11.6 Å². The Morgan fingerprint density at radius 2 is 2.15 bits per heavy atom. The molecule has 1 heteroatoms. The first-order chi connectivity index (χ1) is 6.18. The molecule has 0 aliphatic rings. The topological polar surface area (TPSA) is 0 Å². The molecule has 0 aliphatic carbocycles. The Morgan fingerprint density at radius 1 is 1.38 bits per heavy atom. The summed E-state index contributed by atoms with van der Waals surface area (Å²) in [4.78, 5) is 0. The highest BCUT2D eigenvalue weighted by Crippen LogP contribution is 2.09. The van der Waals surface area contributed by atoms with Crippen LogP contribution in [-0.2, 0) is 0 Å². The Kier molecular flexibility index (Phi) is 3.86. The molecule has 0 saturated carbocycles. The predicted octanol–water partition coefficient (Wildman–Crippen LogP) is 3.74. The van der Waals surface area contributed by atoms with Crippen LogP contribution in [0.3, 0.4) is 0 Å². The maximum Gasteiger partial charge on any atom is 0.0418 e. The lowest BCUT2D eigenvalue weighted by Gasteiger charge is -1.94. The van der Waals surface area contributed by atoms with Gasteiger partial charge in [-0.25, -0.2) is 0 Å². The molecule has 1 rings (SSSR count). The maximum atomic E-state index is 5.82. The summed E-state index contributed by atoms with van der Waals surface area (Å²) in [6.45, 7) is 4.32. The van der Waals surface area contributed by atoms with E-state index in [9.17, 15) is 0 Å². The van der Waals surface area contributed by atoms with Crippen molar-refractivity contribution in [1.29, 1.82) is 0 Å². The first kappa shape index (κ1) is 10.2. The maximum absolute atomic E-state index is 5.82. The van der Waals surface area contributed by atoms with Crippen LogP contribution in [0.15, 0.2) is 24.3 Å². The van der Waals surface area contributed by atoms with Crippen molar-refractivity contribution in [3.63, 3.8) is 0 Å². The standard InChI is InChI=1S/C12H13Cl/c1-10(2)5-3-6-11-7-4-8-12(13)9-11/h4,7-10H,5H2,1-2H3. The molecule has 0 unspecified atom stereocenters. The number of rotatable bonds is 1. The van der Waals surface area contributed by atoms with E-state index < -0.39 is 0 Å². The van der Waals surface area contributed by atoms with Crippen LogP contribution in [-0.4, -0.2) is 0 Å². The fraction of sp³-hybridized carbons (Fsp3) is 0.333. The van der Waals surface area contributed by atoms with E-state index in [1.807, 2.05) is 24.3 Å². The van der Waals surface area contributed by atoms with Crippen LogP contribution < -0.4 is 0 Å². The lowest BCUT2D eigenvalue weighted by Crippen LogP contribution is -1.82. The second-order valence-corrected chi connectivity index (χ2v) is 3.85. The second-order valence-electron chi connectivity index (χ2n) is 3.41. The van der Waals surface area contributed by atoms with Crippen molar-refractivity contribution in [2.45, 2.75) is 20.3 Å². The van der Waals surface area contributed by atoms with E-state index in [1.54, 1.807) is 0 Å². The van der Waals surface area contributed by atoms with E-state index in [4.69, 9.17) is 11.6 Å². The lowest BCUT2D eigenvalue weighted by atomic mass is 10.1. The van der Waals surface area contributed by atoms with Gasteiger partial charge in [0.2, 0.25) is 0 Å². The van der Waals surface area contributed by atoms with Gasteiger partial charge in [-0.1, -0.05) is 43.4 Å².